The molecular weight excluding hydrogens is 250 g/mol. The Morgan fingerprint density at radius 2 is 2.10 bits per heavy atom. The molecule has 1 aromatic rings. The van der Waals surface area contributed by atoms with E-state index in [0.29, 0.717) is 17.3 Å². The Labute approximate surface area is 122 Å². The van der Waals surface area contributed by atoms with Crippen molar-refractivity contribution in [2.24, 2.45) is 5.92 Å². The van der Waals surface area contributed by atoms with Gasteiger partial charge in [-0.3, -0.25) is 4.79 Å². The van der Waals surface area contributed by atoms with Crippen molar-refractivity contribution in [3.63, 3.8) is 0 Å². The van der Waals surface area contributed by atoms with Crippen LogP contribution in [0.1, 0.15) is 63.4 Å². The average molecular weight is 279 g/mol. The van der Waals surface area contributed by atoms with E-state index in [9.17, 15) is 4.79 Å². The van der Waals surface area contributed by atoms with Crippen molar-refractivity contribution >= 4 is 11.6 Å². The van der Waals surface area contributed by atoms with Crippen LogP contribution < -0.4 is 11.1 Å². The first-order valence-electron chi connectivity index (χ1n) is 7.86. The van der Waals surface area contributed by atoms with Gasteiger partial charge in [0.15, 0.2) is 0 Å². The zero-order valence-electron chi connectivity index (χ0n) is 13.1. The number of nitrogens with zero attached hydrogens (tertiary/aromatic N) is 1. The fraction of sp³-hybridized carbons (Fsp3) is 0.688. The quantitative estimate of drug-likeness (QED) is 0.727. The summed E-state index contributed by atoms with van der Waals surface area (Å²) in [6, 6.07) is 1.76. The van der Waals surface area contributed by atoms with Crippen molar-refractivity contribution < 1.29 is 4.79 Å². The molecular formula is C16H29N3O. The number of aryl methyl sites for hydroxylation is 1. The standard InChI is InChI=1S/C16H29N3O/c1-4-7-8-13(6-3)11-18-16(20)15-10-14(17)12-19(15)9-5-2/h10,12-13H,4-9,11,17H2,1-3H3,(H,18,20). The minimum Gasteiger partial charge on any atom is -0.397 e. The number of nitrogens with two attached hydrogens (primary N) is 1. The molecule has 1 atom stereocenters. The third-order valence-corrected chi connectivity index (χ3v) is 3.71. The van der Waals surface area contributed by atoms with Gasteiger partial charge in [0, 0.05) is 19.3 Å². The number of nitrogens with one attached hydrogen (secondary N) is 1. The molecule has 0 saturated carbocycles. The lowest BCUT2D eigenvalue weighted by molar-refractivity contribution is 0.0936. The SMILES string of the molecule is CCCCC(CC)CNC(=O)c1cc(N)cn1CCC. The van der Waals surface area contributed by atoms with E-state index >= 15 is 0 Å². The highest BCUT2D eigenvalue weighted by molar-refractivity contribution is 5.93. The maximum atomic E-state index is 12.3. The van der Waals surface area contributed by atoms with E-state index in [1.807, 2.05) is 10.8 Å². The third-order valence-electron chi connectivity index (χ3n) is 3.71. The Bertz CT molecular complexity index is 412. The average Bonchev–Trinajstić information content (AvgIpc) is 2.80. The molecule has 0 bridgehead atoms. The number of hydrogen-bond donors (Lipinski definition) is 2. The molecule has 0 aliphatic rings. The van der Waals surface area contributed by atoms with Crippen LogP contribution in [0.4, 0.5) is 5.69 Å². The Kier molecular flexibility index (Phi) is 7.20. The predicted octanol–water partition coefficient (Wildman–Crippen LogP) is 3.43. The number of carbonyl (C=O) groups is 1. The minimum absolute atomic E-state index is 0.00917. The summed E-state index contributed by atoms with van der Waals surface area (Å²) in [7, 11) is 0. The molecule has 4 heteroatoms. The Morgan fingerprint density at radius 1 is 1.35 bits per heavy atom. The van der Waals surface area contributed by atoms with Crippen molar-refractivity contribution in [3.05, 3.63) is 18.0 Å². The topological polar surface area (TPSA) is 60.1 Å². The largest absolute Gasteiger partial charge is 0.397 e. The summed E-state index contributed by atoms with van der Waals surface area (Å²) in [6.07, 6.45) is 7.56. The fourth-order valence-electron chi connectivity index (χ4n) is 2.42. The normalized spacial score (nSPS) is 12.3. The summed E-state index contributed by atoms with van der Waals surface area (Å²) in [5, 5.41) is 3.06. The van der Waals surface area contributed by atoms with Gasteiger partial charge in [0.05, 0.1) is 5.69 Å². The molecule has 114 valence electrons. The molecule has 0 saturated heterocycles. The first kappa shape index (κ1) is 16.6. The smallest absolute Gasteiger partial charge is 0.267 e. The molecule has 0 radical (unpaired) electrons. The third kappa shape index (κ3) is 4.91. The molecule has 20 heavy (non-hydrogen) atoms. The van der Waals surface area contributed by atoms with Crippen LogP contribution in [0.15, 0.2) is 12.3 Å². The van der Waals surface area contributed by atoms with Gasteiger partial charge in [0.25, 0.3) is 5.91 Å². The lowest BCUT2D eigenvalue weighted by Crippen LogP contribution is -2.30. The van der Waals surface area contributed by atoms with Gasteiger partial charge in [0.2, 0.25) is 0 Å². The first-order chi connectivity index (χ1) is 9.62. The van der Waals surface area contributed by atoms with Crippen LogP contribution in [0.2, 0.25) is 0 Å². The zero-order valence-corrected chi connectivity index (χ0v) is 13.1. The molecule has 0 aromatic carbocycles. The zero-order chi connectivity index (χ0) is 15.0. The summed E-state index contributed by atoms with van der Waals surface area (Å²) in [6.45, 7) is 8.06. The summed E-state index contributed by atoms with van der Waals surface area (Å²) in [5.41, 5.74) is 7.12. The van der Waals surface area contributed by atoms with Gasteiger partial charge >= 0.3 is 0 Å². The molecule has 0 aliphatic heterocycles. The van der Waals surface area contributed by atoms with Crippen LogP contribution in [-0.2, 0) is 6.54 Å². The van der Waals surface area contributed by atoms with E-state index in [2.05, 4.69) is 26.1 Å². The summed E-state index contributed by atoms with van der Waals surface area (Å²) in [5.74, 6) is 0.566. The highest BCUT2D eigenvalue weighted by Crippen LogP contribution is 2.14. The molecule has 4 nitrogen and oxygen atoms in total. The summed E-state index contributed by atoms with van der Waals surface area (Å²) in [4.78, 5) is 12.3. The van der Waals surface area contributed by atoms with Crippen molar-refractivity contribution in [1.29, 1.82) is 0 Å². The Hall–Kier alpha value is -1.45. The summed E-state index contributed by atoms with van der Waals surface area (Å²) >= 11 is 0. The monoisotopic (exact) mass is 279 g/mol. The van der Waals surface area contributed by atoms with Crippen molar-refractivity contribution in [3.8, 4) is 0 Å². The van der Waals surface area contributed by atoms with Crippen LogP contribution in [0.3, 0.4) is 0 Å². The van der Waals surface area contributed by atoms with E-state index in [1.54, 1.807) is 6.07 Å². The van der Waals surface area contributed by atoms with E-state index in [0.717, 1.165) is 25.9 Å². The summed E-state index contributed by atoms with van der Waals surface area (Å²) < 4.78 is 1.94. The molecule has 0 fully saturated rings. The predicted molar refractivity (Wildman–Crippen MR) is 84.8 cm³/mol. The molecule has 1 heterocycles. The highest BCUT2D eigenvalue weighted by Gasteiger charge is 2.14. The number of rotatable bonds is 9. The number of anilines is 1. The van der Waals surface area contributed by atoms with Gasteiger partial charge in [-0.1, -0.05) is 40.0 Å². The number of unbranched alkanes of at least 4 members (excludes halogenated alkanes) is 1. The number of aromatic nitrogens is 1. The second kappa shape index (κ2) is 8.67. The van der Waals surface area contributed by atoms with Crippen molar-refractivity contribution in [2.45, 2.75) is 59.4 Å². The second-order valence-electron chi connectivity index (χ2n) is 5.48. The van der Waals surface area contributed by atoms with E-state index < -0.39 is 0 Å². The van der Waals surface area contributed by atoms with Gasteiger partial charge in [-0.05, 0) is 24.8 Å². The van der Waals surface area contributed by atoms with Crippen LogP contribution >= 0.6 is 0 Å². The molecule has 3 N–H and O–H groups in total. The molecule has 0 aliphatic carbocycles. The second-order valence-corrected chi connectivity index (χ2v) is 5.48. The van der Waals surface area contributed by atoms with Crippen LogP contribution in [0.5, 0.6) is 0 Å². The van der Waals surface area contributed by atoms with Gasteiger partial charge in [-0.15, -0.1) is 0 Å². The molecule has 1 aromatic heterocycles. The number of carbonyl (C=O) groups excluding carboxylic acids is 1. The van der Waals surface area contributed by atoms with Crippen LogP contribution in [0.25, 0.3) is 0 Å². The minimum atomic E-state index is -0.00917. The Morgan fingerprint density at radius 3 is 2.70 bits per heavy atom. The Balaban J connectivity index is 2.57. The molecule has 0 spiro atoms. The molecule has 1 rings (SSSR count). The van der Waals surface area contributed by atoms with Crippen molar-refractivity contribution in [1.82, 2.24) is 9.88 Å². The number of amides is 1. The molecule has 1 unspecified atom stereocenters. The number of hydrogen-bond acceptors (Lipinski definition) is 2. The highest BCUT2D eigenvalue weighted by atomic mass is 16.1. The lowest BCUT2D eigenvalue weighted by Gasteiger charge is -2.15. The number of nitrogen functional groups attached to an aromatic ring is 1. The lowest BCUT2D eigenvalue weighted by atomic mass is 9.99. The van der Waals surface area contributed by atoms with Crippen molar-refractivity contribution in [2.75, 3.05) is 12.3 Å². The van der Waals surface area contributed by atoms with E-state index in [-0.39, 0.29) is 5.91 Å². The van der Waals surface area contributed by atoms with E-state index in [4.69, 9.17) is 5.73 Å². The van der Waals surface area contributed by atoms with Gasteiger partial charge in [-0.25, -0.2) is 0 Å². The first-order valence-corrected chi connectivity index (χ1v) is 7.86. The molecule has 1 amide bonds. The maximum absolute atomic E-state index is 12.3. The van der Waals surface area contributed by atoms with Crippen LogP contribution in [0, 0.1) is 5.92 Å². The van der Waals surface area contributed by atoms with Crippen LogP contribution in [-0.4, -0.2) is 17.0 Å². The maximum Gasteiger partial charge on any atom is 0.267 e. The van der Waals surface area contributed by atoms with Gasteiger partial charge in [0.1, 0.15) is 5.69 Å². The van der Waals surface area contributed by atoms with E-state index in [1.165, 1.54) is 19.3 Å². The van der Waals surface area contributed by atoms with Gasteiger partial charge < -0.3 is 15.6 Å². The van der Waals surface area contributed by atoms with Gasteiger partial charge in [-0.2, -0.15) is 0 Å². The fourth-order valence-corrected chi connectivity index (χ4v) is 2.42.